The van der Waals surface area contributed by atoms with Crippen LogP contribution in [0.4, 0.5) is 0 Å². The fraction of sp³-hybridized carbons (Fsp3) is 0.488. The maximum absolute atomic E-state index is 13.7. The molecule has 26 nitrogen and oxygen atoms in total. The molecule has 0 fully saturated rings. The number of aromatic hydroxyl groups is 2. The summed E-state index contributed by atoms with van der Waals surface area (Å²) in [6.45, 7) is 4.41. The van der Waals surface area contributed by atoms with Crippen LogP contribution in [0, 0.1) is 5.92 Å². The van der Waals surface area contributed by atoms with Gasteiger partial charge in [-0.15, -0.1) is 0 Å². The third-order valence-electron chi connectivity index (χ3n) is 10.5. The molecule has 0 spiro atoms. The molecule has 26 heteroatoms. The van der Waals surface area contributed by atoms with Crippen molar-refractivity contribution in [3.05, 3.63) is 59.7 Å². The second-order valence-corrected chi connectivity index (χ2v) is 16.3. The molecule has 0 unspecified atom stereocenters. The van der Waals surface area contributed by atoms with Crippen LogP contribution in [-0.2, 0) is 60.8 Å². The second-order valence-electron chi connectivity index (χ2n) is 16.3. The smallest absolute Gasteiger partial charge is 0.326 e. The lowest BCUT2D eigenvalue weighted by atomic mass is 9.97. The Hall–Kier alpha value is -7.42. The van der Waals surface area contributed by atoms with Crippen molar-refractivity contribution in [2.24, 2.45) is 23.1 Å². The molecule has 0 radical (unpaired) electrons. The molecule has 0 saturated heterocycles. The van der Waals surface area contributed by atoms with Gasteiger partial charge in [0.05, 0.1) is 37.7 Å². The van der Waals surface area contributed by atoms with Crippen LogP contribution < -0.4 is 54.4 Å². The van der Waals surface area contributed by atoms with Crippen LogP contribution in [0.3, 0.4) is 0 Å². The van der Waals surface area contributed by atoms with E-state index in [0.29, 0.717) is 11.1 Å². The molecule has 19 N–H and O–H groups in total. The van der Waals surface area contributed by atoms with Crippen LogP contribution >= 0.6 is 0 Å². The molecule has 380 valence electrons. The van der Waals surface area contributed by atoms with Gasteiger partial charge in [-0.3, -0.25) is 43.2 Å². The zero-order valence-electron chi connectivity index (χ0n) is 38.2. The summed E-state index contributed by atoms with van der Waals surface area (Å²) in [5.41, 5.74) is 17.4. The molecule has 0 saturated carbocycles. The SMILES string of the molecule is CC[C@H](C)[C@H](NC(=O)[C@H](CO)NC(=O)[C@@H](N)Cc1ccc(O)cc1)C(=O)N[C@H](C(=O)N[C@H](C(=O)N[C@@H](CC(N)=O)C(=O)N[C@@H](Cc1ccc(O)cc1)C(=O)N[C@@H](CC(N)=O)C(=O)O)[C@@H](C)O)[C@@H](C)O. The highest BCUT2D eigenvalue weighted by molar-refractivity contribution is 5.99. The number of nitrogens with two attached hydrogens (primary N) is 3. The maximum atomic E-state index is 13.7. The van der Waals surface area contributed by atoms with Crippen LogP contribution in [0.25, 0.3) is 0 Å². The summed E-state index contributed by atoms with van der Waals surface area (Å²) >= 11 is 0. The van der Waals surface area contributed by atoms with Crippen molar-refractivity contribution in [3.8, 4) is 11.5 Å². The Kier molecular flexibility index (Phi) is 22.9. The summed E-state index contributed by atoms with van der Waals surface area (Å²) in [7, 11) is 0. The van der Waals surface area contributed by atoms with Crippen LogP contribution in [0.1, 0.15) is 58.1 Å². The molecule has 11 atom stereocenters. The van der Waals surface area contributed by atoms with Crippen molar-refractivity contribution < 1.29 is 78.6 Å². The third kappa shape index (κ3) is 19.0. The number of hydrogen-bond acceptors (Lipinski definition) is 16. The van der Waals surface area contributed by atoms with E-state index in [1.54, 1.807) is 13.8 Å². The first-order valence-corrected chi connectivity index (χ1v) is 21.5. The van der Waals surface area contributed by atoms with Gasteiger partial charge in [0, 0.05) is 6.42 Å². The number of carboxylic acid groups (broad SMARTS) is 1. The van der Waals surface area contributed by atoms with E-state index < -0.39 is 145 Å². The number of primary amides is 2. The van der Waals surface area contributed by atoms with E-state index in [9.17, 15) is 78.6 Å². The standard InChI is InChI=1S/C43H62N10O16/c1-5-19(2)33(51-39(64)30(18-54)50-36(61)26(44)14-22-6-10-24(57)11-7-22)40(65)52-35(21(4)56)42(67)53-34(20(3)55)41(66)48-28(16-31(45)59)38(63)47-27(15-23-8-12-25(58)13-9-23)37(62)49-29(43(68)69)17-32(46)60/h6-13,19-21,26-30,33-35,54-58H,5,14-18,44H2,1-4H3,(H2,45,59)(H2,46,60)(H,47,63)(H,48,66)(H,49,62)(H,50,61)(H,51,64)(H,52,65)(H,53,67)(H,68,69)/t19-,20+,21+,26-,27-,28-,29-,30-,33-,34-,35-/m0/s1. The zero-order chi connectivity index (χ0) is 52.3. The van der Waals surface area contributed by atoms with Crippen LogP contribution in [0.2, 0.25) is 0 Å². The number of carbonyl (C=O) groups excluding carboxylic acids is 9. The van der Waals surface area contributed by atoms with E-state index in [1.807, 2.05) is 0 Å². The number of nitrogens with one attached hydrogen (secondary N) is 7. The first-order chi connectivity index (χ1) is 32.3. The van der Waals surface area contributed by atoms with Gasteiger partial charge in [0.15, 0.2) is 0 Å². The lowest BCUT2D eigenvalue weighted by molar-refractivity contribution is -0.144. The molecular weight excluding hydrogens is 913 g/mol. The van der Waals surface area contributed by atoms with Gasteiger partial charge in [-0.1, -0.05) is 44.5 Å². The van der Waals surface area contributed by atoms with Crippen molar-refractivity contribution in [1.82, 2.24) is 37.2 Å². The van der Waals surface area contributed by atoms with Gasteiger partial charge < -0.3 is 85.1 Å². The first-order valence-electron chi connectivity index (χ1n) is 21.5. The predicted molar refractivity (Wildman–Crippen MR) is 240 cm³/mol. The fourth-order valence-electron chi connectivity index (χ4n) is 6.40. The summed E-state index contributed by atoms with van der Waals surface area (Å²) in [5.74, 6) is -12.7. The summed E-state index contributed by atoms with van der Waals surface area (Å²) in [4.78, 5) is 130. The van der Waals surface area contributed by atoms with E-state index in [1.165, 1.54) is 48.5 Å². The molecule has 0 aliphatic rings. The number of phenols is 2. The Balaban J connectivity index is 2.30. The molecule has 2 rings (SSSR count). The first kappa shape index (κ1) is 57.7. The topological polar surface area (TPSA) is 454 Å². The van der Waals surface area contributed by atoms with Crippen molar-refractivity contribution in [2.45, 2.75) is 120 Å². The van der Waals surface area contributed by atoms with E-state index >= 15 is 0 Å². The van der Waals surface area contributed by atoms with Gasteiger partial charge in [-0.25, -0.2) is 4.79 Å². The highest BCUT2D eigenvalue weighted by atomic mass is 16.4. The Morgan fingerprint density at radius 1 is 0.507 bits per heavy atom. The number of carboxylic acids is 1. The van der Waals surface area contributed by atoms with Gasteiger partial charge in [0.2, 0.25) is 53.2 Å². The quantitative estimate of drug-likeness (QED) is 0.0378. The minimum absolute atomic E-state index is 0.00331. The third-order valence-corrected chi connectivity index (χ3v) is 10.5. The molecule has 2 aromatic rings. The second kappa shape index (κ2) is 27.4. The molecule has 0 aliphatic heterocycles. The summed E-state index contributed by atoms with van der Waals surface area (Å²) in [6.07, 6.45) is -5.40. The van der Waals surface area contributed by atoms with Crippen LogP contribution in [0.15, 0.2) is 48.5 Å². The number of amides is 9. The fourth-order valence-corrected chi connectivity index (χ4v) is 6.40. The molecular formula is C43H62N10O16. The summed E-state index contributed by atoms with van der Waals surface area (Å²) in [5, 5.41) is 75.7. The molecule has 9 amide bonds. The highest BCUT2D eigenvalue weighted by Crippen LogP contribution is 2.14. The normalized spacial score (nSPS) is 15.8. The lowest BCUT2D eigenvalue weighted by Crippen LogP contribution is -2.64. The molecule has 0 aliphatic carbocycles. The van der Waals surface area contributed by atoms with Crippen LogP contribution in [-0.4, -0.2) is 157 Å². The molecule has 0 aromatic heterocycles. The van der Waals surface area contributed by atoms with Gasteiger partial charge in [0.25, 0.3) is 0 Å². The zero-order valence-corrected chi connectivity index (χ0v) is 38.2. The molecule has 0 heterocycles. The molecule has 2 aromatic carbocycles. The number of aliphatic hydroxyl groups is 3. The number of hydrogen-bond donors (Lipinski definition) is 16. The Labute approximate surface area is 395 Å². The van der Waals surface area contributed by atoms with Gasteiger partial charge in [-0.05, 0) is 61.6 Å². The van der Waals surface area contributed by atoms with Crippen LogP contribution in [0.5, 0.6) is 11.5 Å². The highest BCUT2D eigenvalue weighted by Gasteiger charge is 2.38. The molecule has 0 bridgehead atoms. The van der Waals surface area contributed by atoms with E-state index in [-0.39, 0.29) is 30.8 Å². The number of rotatable bonds is 28. The van der Waals surface area contributed by atoms with E-state index in [2.05, 4.69) is 37.2 Å². The maximum Gasteiger partial charge on any atom is 0.326 e. The lowest BCUT2D eigenvalue weighted by Gasteiger charge is -2.30. The minimum Gasteiger partial charge on any atom is -0.508 e. The Bertz CT molecular complexity index is 2140. The average molecular weight is 975 g/mol. The average Bonchev–Trinajstić information content (AvgIpc) is 3.27. The summed E-state index contributed by atoms with van der Waals surface area (Å²) in [6, 6.07) is -2.56. The number of phenolic OH excluding ortho intramolecular Hbond substituents is 2. The van der Waals surface area contributed by atoms with Gasteiger partial charge >= 0.3 is 5.97 Å². The van der Waals surface area contributed by atoms with Gasteiger partial charge in [-0.2, -0.15) is 0 Å². The Morgan fingerprint density at radius 3 is 1.30 bits per heavy atom. The van der Waals surface area contributed by atoms with Crippen molar-refractivity contribution >= 4 is 59.1 Å². The van der Waals surface area contributed by atoms with Crippen molar-refractivity contribution in [1.29, 1.82) is 0 Å². The van der Waals surface area contributed by atoms with E-state index in [0.717, 1.165) is 13.8 Å². The number of aliphatic carboxylic acids is 1. The summed E-state index contributed by atoms with van der Waals surface area (Å²) < 4.78 is 0. The van der Waals surface area contributed by atoms with E-state index in [4.69, 9.17) is 17.2 Å². The Morgan fingerprint density at radius 2 is 0.870 bits per heavy atom. The number of carbonyl (C=O) groups is 10. The number of aliphatic hydroxyl groups excluding tert-OH is 3. The molecule has 69 heavy (non-hydrogen) atoms. The monoisotopic (exact) mass is 974 g/mol. The van der Waals surface area contributed by atoms with Gasteiger partial charge in [0.1, 0.15) is 53.8 Å². The van der Waals surface area contributed by atoms with Crippen molar-refractivity contribution in [3.63, 3.8) is 0 Å². The largest absolute Gasteiger partial charge is 0.508 e. The minimum atomic E-state index is -1.99. The number of benzene rings is 2. The predicted octanol–water partition coefficient (Wildman–Crippen LogP) is -5.76. The van der Waals surface area contributed by atoms with Crippen molar-refractivity contribution in [2.75, 3.05) is 6.61 Å².